The summed E-state index contributed by atoms with van der Waals surface area (Å²) >= 11 is 0. The van der Waals surface area contributed by atoms with Crippen LogP contribution in [-0.2, 0) is 0 Å². The van der Waals surface area contributed by atoms with Gasteiger partial charge in [0.15, 0.2) is 5.78 Å². The lowest BCUT2D eigenvalue weighted by Crippen LogP contribution is -2.28. The molecule has 126 valence electrons. The van der Waals surface area contributed by atoms with Crippen LogP contribution in [0.1, 0.15) is 50.2 Å². The third kappa shape index (κ3) is 2.12. The zero-order valence-electron chi connectivity index (χ0n) is 14.2. The van der Waals surface area contributed by atoms with Gasteiger partial charge in [-0.1, -0.05) is 84.9 Å². The normalized spacial score (nSPS) is 21.0. The summed E-state index contributed by atoms with van der Waals surface area (Å²) in [4.78, 5) is 12.9. The molecule has 2 aliphatic rings. The largest absolute Gasteiger partial charge is 0.388 e. The van der Waals surface area contributed by atoms with Crippen molar-refractivity contribution < 1.29 is 9.90 Å². The second-order valence-corrected chi connectivity index (χ2v) is 6.99. The van der Waals surface area contributed by atoms with Crippen LogP contribution in [-0.4, -0.2) is 10.9 Å². The van der Waals surface area contributed by atoms with Crippen molar-refractivity contribution in [1.82, 2.24) is 0 Å². The van der Waals surface area contributed by atoms with Gasteiger partial charge in [0.2, 0.25) is 0 Å². The molecule has 2 atom stereocenters. The Labute approximate surface area is 152 Å². The molecular formula is C24H18O2. The smallest absolute Gasteiger partial charge is 0.193 e. The molecule has 0 aliphatic heterocycles. The van der Waals surface area contributed by atoms with E-state index in [1.54, 1.807) is 0 Å². The number of ketones is 1. The molecular weight excluding hydrogens is 320 g/mol. The predicted octanol–water partition coefficient (Wildman–Crippen LogP) is 4.74. The monoisotopic (exact) mass is 338 g/mol. The molecule has 0 saturated carbocycles. The number of hydrogen-bond donors (Lipinski definition) is 1. The van der Waals surface area contributed by atoms with Gasteiger partial charge in [0.05, 0.1) is 6.10 Å². The van der Waals surface area contributed by atoms with Crippen molar-refractivity contribution in [1.29, 1.82) is 0 Å². The van der Waals surface area contributed by atoms with Crippen molar-refractivity contribution in [2.24, 2.45) is 5.92 Å². The summed E-state index contributed by atoms with van der Waals surface area (Å²) in [5.41, 5.74) is 5.51. The molecule has 0 spiro atoms. The zero-order chi connectivity index (χ0) is 17.7. The van der Waals surface area contributed by atoms with Gasteiger partial charge in [-0.05, 0) is 22.3 Å². The van der Waals surface area contributed by atoms with Crippen molar-refractivity contribution in [2.75, 3.05) is 0 Å². The van der Waals surface area contributed by atoms with Crippen molar-refractivity contribution in [3.8, 4) is 0 Å². The van der Waals surface area contributed by atoms with Gasteiger partial charge in [0, 0.05) is 23.0 Å². The van der Waals surface area contributed by atoms with Gasteiger partial charge in [-0.25, -0.2) is 0 Å². The molecule has 0 bridgehead atoms. The van der Waals surface area contributed by atoms with Crippen molar-refractivity contribution in [3.05, 3.63) is 112 Å². The number of aliphatic hydroxyl groups is 1. The molecule has 2 nitrogen and oxygen atoms in total. The highest BCUT2D eigenvalue weighted by atomic mass is 16.3. The Balaban J connectivity index is 1.71. The number of aliphatic hydroxyl groups excluding tert-OH is 1. The van der Waals surface area contributed by atoms with Crippen LogP contribution in [0, 0.1) is 5.92 Å². The fourth-order valence-corrected chi connectivity index (χ4v) is 4.43. The first-order valence-electron chi connectivity index (χ1n) is 8.93. The minimum absolute atomic E-state index is 0.0419. The third-order valence-electron chi connectivity index (χ3n) is 5.64. The van der Waals surface area contributed by atoms with Gasteiger partial charge in [-0.2, -0.15) is 0 Å². The molecule has 0 heterocycles. The van der Waals surface area contributed by atoms with Crippen LogP contribution in [0.25, 0.3) is 6.08 Å². The van der Waals surface area contributed by atoms with E-state index < -0.39 is 6.10 Å². The highest BCUT2D eigenvalue weighted by Gasteiger charge is 2.39. The average molecular weight is 338 g/mol. The van der Waals surface area contributed by atoms with Gasteiger partial charge in [-0.3, -0.25) is 4.79 Å². The zero-order valence-corrected chi connectivity index (χ0v) is 14.2. The molecule has 0 unspecified atom stereocenters. The summed E-state index contributed by atoms with van der Waals surface area (Å²) in [5, 5.41) is 11.2. The maximum absolute atomic E-state index is 12.9. The number of benzene rings is 3. The second kappa shape index (κ2) is 5.79. The number of carbonyl (C=O) groups is 1. The predicted molar refractivity (Wildman–Crippen MR) is 102 cm³/mol. The van der Waals surface area contributed by atoms with Crippen LogP contribution in [0.5, 0.6) is 0 Å². The summed E-state index contributed by atoms with van der Waals surface area (Å²) < 4.78 is 0. The lowest BCUT2D eigenvalue weighted by atomic mass is 9.68. The molecule has 1 N–H and O–H groups in total. The van der Waals surface area contributed by atoms with Gasteiger partial charge >= 0.3 is 0 Å². The number of carbonyl (C=O) groups excluding carboxylic acids is 1. The molecule has 5 rings (SSSR count). The summed E-state index contributed by atoms with van der Waals surface area (Å²) in [6, 6.07) is 23.6. The maximum Gasteiger partial charge on any atom is 0.193 e. The Morgan fingerprint density at radius 3 is 1.88 bits per heavy atom. The first-order valence-corrected chi connectivity index (χ1v) is 8.93. The Morgan fingerprint density at radius 1 is 0.692 bits per heavy atom. The molecule has 3 aromatic rings. The first kappa shape index (κ1) is 15.3. The van der Waals surface area contributed by atoms with E-state index in [1.165, 1.54) is 0 Å². The summed E-state index contributed by atoms with van der Waals surface area (Å²) in [5.74, 6) is -0.0814. The third-order valence-corrected chi connectivity index (χ3v) is 5.64. The van der Waals surface area contributed by atoms with E-state index in [4.69, 9.17) is 0 Å². The van der Waals surface area contributed by atoms with Crippen LogP contribution in [0.2, 0.25) is 0 Å². The fraction of sp³-hybridized carbons (Fsp3) is 0.125. The summed E-state index contributed by atoms with van der Waals surface area (Å²) in [6.07, 6.45) is 3.59. The quantitative estimate of drug-likeness (QED) is 0.696. The van der Waals surface area contributed by atoms with E-state index in [0.717, 1.165) is 33.4 Å². The highest BCUT2D eigenvalue weighted by molar-refractivity contribution is 6.12. The van der Waals surface area contributed by atoms with Crippen molar-refractivity contribution in [2.45, 2.75) is 12.0 Å². The Kier molecular flexibility index (Phi) is 3.41. The van der Waals surface area contributed by atoms with E-state index in [9.17, 15) is 9.90 Å². The van der Waals surface area contributed by atoms with Crippen molar-refractivity contribution in [3.63, 3.8) is 0 Å². The van der Waals surface area contributed by atoms with Crippen LogP contribution >= 0.6 is 0 Å². The molecule has 0 amide bonds. The highest BCUT2D eigenvalue weighted by Crippen LogP contribution is 2.47. The van der Waals surface area contributed by atoms with E-state index >= 15 is 0 Å². The lowest BCUT2D eigenvalue weighted by molar-refractivity contribution is 0.101. The molecule has 26 heavy (non-hydrogen) atoms. The molecule has 2 heteroatoms. The first-order chi connectivity index (χ1) is 12.8. The second-order valence-electron chi connectivity index (χ2n) is 6.99. The van der Waals surface area contributed by atoms with Crippen molar-refractivity contribution >= 4 is 11.9 Å². The maximum atomic E-state index is 12.9. The number of rotatable bonds is 1. The van der Waals surface area contributed by atoms with E-state index in [2.05, 4.69) is 12.2 Å². The Hall–Kier alpha value is -2.97. The van der Waals surface area contributed by atoms with Gasteiger partial charge in [0.25, 0.3) is 0 Å². The standard InChI is InChI=1S/C24H18O2/c25-23-16-8-2-1-7-15(16)13-14-21(23)22-17-9-3-5-11-19(17)24(26)20-12-6-4-10-18(20)22/h1-14,21-23,25H/t21-,23+/m0/s1. The summed E-state index contributed by atoms with van der Waals surface area (Å²) in [6.45, 7) is 0. The van der Waals surface area contributed by atoms with Gasteiger partial charge < -0.3 is 5.11 Å². The van der Waals surface area contributed by atoms with Gasteiger partial charge in [-0.15, -0.1) is 0 Å². The molecule has 3 aromatic carbocycles. The van der Waals surface area contributed by atoms with Crippen LogP contribution in [0.15, 0.2) is 78.9 Å². The molecule has 0 aromatic heterocycles. The fourth-order valence-electron chi connectivity index (χ4n) is 4.43. The molecule has 0 fully saturated rings. The number of hydrogen-bond acceptors (Lipinski definition) is 2. The topological polar surface area (TPSA) is 37.3 Å². The summed E-state index contributed by atoms with van der Waals surface area (Å²) in [7, 11) is 0. The Morgan fingerprint density at radius 2 is 1.23 bits per heavy atom. The van der Waals surface area contributed by atoms with Gasteiger partial charge in [0.1, 0.15) is 0 Å². The Bertz CT molecular complexity index is 998. The molecule has 0 radical (unpaired) electrons. The lowest BCUT2D eigenvalue weighted by Gasteiger charge is -2.36. The molecule has 0 saturated heterocycles. The minimum atomic E-state index is -0.601. The van der Waals surface area contributed by atoms with Crippen LogP contribution in [0.4, 0.5) is 0 Å². The van der Waals surface area contributed by atoms with E-state index in [0.29, 0.717) is 0 Å². The SMILES string of the molecule is O=C1c2ccccc2C([C@@H]2C=Cc3ccccc3[C@H]2O)c2ccccc21. The molecule has 2 aliphatic carbocycles. The van der Waals surface area contributed by atoms with Crippen LogP contribution in [0.3, 0.4) is 0 Å². The van der Waals surface area contributed by atoms with E-state index in [1.807, 2.05) is 72.8 Å². The number of fused-ring (bicyclic) bond motifs is 3. The average Bonchev–Trinajstić information content (AvgIpc) is 2.70. The minimum Gasteiger partial charge on any atom is -0.388 e. The van der Waals surface area contributed by atoms with E-state index in [-0.39, 0.29) is 17.6 Å². The van der Waals surface area contributed by atoms with Crippen LogP contribution < -0.4 is 0 Å².